The smallest absolute Gasteiger partial charge is 0.265 e. The largest absolute Gasteiger partial charge is 0.311 e. The predicted molar refractivity (Wildman–Crippen MR) is 125 cm³/mol. The minimum absolute atomic E-state index is 0.169. The first-order chi connectivity index (χ1) is 15.4. The van der Waals surface area contributed by atoms with Crippen LogP contribution in [0.5, 0.6) is 0 Å². The van der Waals surface area contributed by atoms with Crippen LogP contribution in [0.3, 0.4) is 0 Å². The molecule has 0 saturated carbocycles. The van der Waals surface area contributed by atoms with E-state index in [9.17, 15) is 9.59 Å². The van der Waals surface area contributed by atoms with Crippen molar-refractivity contribution in [1.29, 1.82) is 0 Å². The number of hydrogen-bond acceptors (Lipinski definition) is 6. The maximum Gasteiger partial charge on any atom is 0.265 e. The van der Waals surface area contributed by atoms with Gasteiger partial charge in [0.25, 0.3) is 5.56 Å². The molecule has 5 rings (SSSR count). The summed E-state index contributed by atoms with van der Waals surface area (Å²) in [6.45, 7) is 6.00. The molecule has 9 heteroatoms. The topological polar surface area (TPSA) is 94.7 Å². The van der Waals surface area contributed by atoms with Gasteiger partial charge in [0.1, 0.15) is 11.2 Å². The number of carbonyl (C=O) groups excluding carboxylic acids is 1. The lowest BCUT2D eigenvalue weighted by Gasteiger charge is -2.13. The molecule has 1 amide bonds. The van der Waals surface area contributed by atoms with Gasteiger partial charge in [0.2, 0.25) is 5.91 Å². The molecule has 0 bridgehead atoms. The number of aryl methyl sites for hydroxylation is 3. The molecule has 0 saturated heterocycles. The SMILES string of the molecule is Cc1ccnc(NC(=O)CC2CSc3nc4c(cnn4-c4ccc(C)cc4C)c(=O)n32)c1. The number of fused-ring (bicyclic) bond motifs is 2. The third-order valence-corrected chi connectivity index (χ3v) is 6.65. The van der Waals surface area contributed by atoms with Gasteiger partial charge in [-0.25, -0.2) is 14.6 Å². The number of aromatic nitrogens is 5. The number of amides is 1. The fraction of sp³-hybridized carbons (Fsp3) is 0.261. The number of nitrogens with zero attached hydrogens (tertiary/aromatic N) is 5. The molecule has 1 aromatic carbocycles. The first-order valence-corrected chi connectivity index (χ1v) is 11.3. The van der Waals surface area contributed by atoms with Crippen molar-refractivity contribution in [3.63, 3.8) is 0 Å². The Balaban J connectivity index is 1.46. The maximum absolute atomic E-state index is 13.3. The molecule has 4 aromatic rings. The molecule has 0 aliphatic carbocycles. The second kappa shape index (κ2) is 7.90. The highest BCUT2D eigenvalue weighted by molar-refractivity contribution is 7.99. The lowest BCUT2D eigenvalue weighted by Crippen LogP contribution is -2.28. The van der Waals surface area contributed by atoms with Crippen molar-refractivity contribution in [2.75, 3.05) is 11.1 Å². The van der Waals surface area contributed by atoms with Crippen LogP contribution >= 0.6 is 11.8 Å². The van der Waals surface area contributed by atoms with E-state index < -0.39 is 0 Å². The zero-order valence-electron chi connectivity index (χ0n) is 18.0. The minimum Gasteiger partial charge on any atom is -0.311 e. The zero-order chi connectivity index (χ0) is 22.4. The summed E-state index contributed by atoms with van der Waals surface area (Å²) >= 11 is 1.48. The lowest BCUT2D eigenvalue weighted by atomic mass is 10.1. The van der Waals surface area contributed by atoms with E-state index >= 15 is 0 Å². The van der Waals surface area contributed by atoms with Gasteiger partial charge in [0.15, 0.2) is 10.8 Å². The summed E-state index contributed by atoms with van der Waals surface area (Å²) in [5.41, 5.74) is 4.50. The molecule has 0 radical (unpaired) electrons. The number of nitrogens with one attached hydrogen (secondary N) is 1. The molecule has 1 aliphatic heterocycles. The highest BCUT2D eigenvalue weighted by Gasteiger charge is 2.29. The van der Waals surface area contributed by atoms with Gasteiger partial charge < -0.3 is 5.32 Å². The van der Waals surface area contributed by atoms with Crippen LogP contribution in [0.1, 0.15) is 29.2 Å². The Labute approximate surface area is 188 Å². The highest BCUT2D eigenvalue weighted by atomic mass is 32.2. The third-order valence-electron chi connectivity index (χ3n) is 5.56. The summed E-state index contributed by atoms with van der Waals surface area (Å²) in [4.78, 5) is 34.8. The van der Waals surface area contributed by atoms with Crippen LogP contribution in [0.15, 0.2) is 52.7 Å². The van der Waals surface area contributed by atoms with E-state index in [1.54, 1.807) is 21.6 Å². The second-order valence-corrected chi connectivity index (χ2v) is 9.08. The zero-order valence-corrected chi connectivity index (χ0v) is 18.8. The molecule has 162 valence electrons. The van der Waals surface area contributed by atoms with E-state index in [2.05, 4.69) is 21.5 Å². The first-order valence-electron chi connectivity index (χ1n) is 10.3. The van der Waals surface area contributed by atoms with Crippen LogP contribution in [0.25, 0.3) is 16.7 Å². The van der Waals surface area contributed by atoms with Gasteiger partial charge in [0.05, 0.1) is 17.9 Å². The van der Waals surface area contributed by atoms with Crippen LogP contribution in [-0.4, -0.2) is 36.0 Å². The monoisotopic (exact) mass is 446 g/mol. The van der Waals surface area contributed by atoms with E-state index in [1.165, 1.54) is 11.8 Å². The van der Waals surface area contributed by atoms with Crippen LogP contribution in [0.2, 0.25) is 0 Å². The normalized spacial score (nSPS) is 15.2. The number of carbonyl (C=O) groups is 1. The van der Waals surface area contributed by atoms with Crippen LogP contribution < -0.4 is 10.9 Å². The number of benzene rings is 1. The molecule has 1 aliphatic rings. The molecule has 0 fully saturated rings. The average Bonchev–Trinajstić information content (AvgIpc) is 3.33. The van der Waals surface area contributed by atoms with Crippen LogP contribution in [0, 0.1) is 20.8 Å². The number of rotatable bonds is 4. The van der Waals surface area contributed by atoms with Crippen molar-refractivity contribution >= 4 is 34.5 Å². The van der Waals surface area contributed by atoms with Gasteiger partial charge in [0, 0.05) is 18.4 Å². The fourth-order valence-corrected chi connectivity index (χ4v) is 5.14. The predicted octanol–water partition coefficient (Wildman–Crippen LogP) is 3.58. The van der Waals surface area contributed by atoms with Crippen LogP contribution in [0.4, 0.5) is 5.82 Å². The third kappa shape index (κ3) is 3.58. The molecular formula is C23H22N6O2S. The van der Waals surface area contributed by atoms with Gasteiger partial charge in [-0.2, -0.15) is 5.10 Å². The number of thioether (sulfide) groups is 1. The van der Waals surface area contributed by atoms with Gasteiger partial charge >= 0.3 is 0 Å². The van der Waals surface area contributed by atoms with Gasteiger partial charge in [-0.05, 0) is 50.1 Å². The first kappa shape index (κ1) is 20.4. The molecule has 1 unspecified atom stereocenters. The summed E-state index contributed by atoms with van der Waals surface area (Å²) in [7, 11) is 0. The van der Waals surface area contributed by atoms with Crippen molar-refractivity contribution in [3.8, 4) is 5.69 Å². The van der Waals surface area contributed by atoms with E-state index in [0.717, 1.165) is 22.4 Å². The summed E-state index contributed by atoms with van der Waals surface area (Å²) in [5, 5.41) is 8.33. The number of pyridine rings is 1. The Bertz CT molecular complexity index is 1420. The van der Waals surface area contributed by atoms with E-state index in [0.29, 0.717) is 27.8 Å². The quantitative estimate of drug-likeness (QED) is 0.482. The molecule has 0 spiro atoms. The Morgan fingerprint density at radius 3 is 2.78 bits per heavy atom. The van der Waals surface area contributed by atoms with Crippen molar-refractivity contribution in [1.82, 2.24) is 24.3 Å². The van der Waals surface area contributed by atoms with Crippen LogP contribution in [-0.2, 0) is 4.79 Å². The van der Waals surface area contributed by atoms with Gasteiger partial charge in [-0.1, -0.05) is 29.5 Å². The van der Waals surface area contributed by atoms with E-state index in [4.69, 9.17) is 4.98 Å². The Hall–Kier alpha value is -3.46. The minimum atomic E-state index is -0.270. The summed E-state index contributed by atoms with van der Waals surface area (Å²) in [6.07, 6.45) is 3.40. The van der Waals surface area contributed by atoms with E-state index in [1.807, 2.05) is 45.0 Å². The van der Waals surface area contributed by atoms with Crippen molar-refractivity contribution in [2.24, 2.45) is 0 Å². The Morgan fingerprint density at radius 1 is 1.19 bits per heavy atom. The lowest BCUT2D eigenvalue weighted by molar-refractivity contribution is -0.116. The van der Waals surface area contributed by atoms with Gasteiger partial charge in [-0.3, -0.25) is 14.2 Å². The fourth-order valence-electron chi connectivity index (χ4n) is 4.01. The summed E-state index contributed by atoms with van der Waals surface area (Å²) < 4.78 is 3.35. The van der Waals surface area contributed by atoms with Crippen molar-refractivity contribution in [2.45, 2.75) is 38.4 Å². The van der Waals surface area contributed by atoms with Gasteiger partial charge in [-0.15, -0.1) is 0 Å². The average molecular weight is 447 g/mol. The van der Waals surface area contributed by atoms with Crippen molar-refractivity contribution in [3.05, 3.63) is 69.8 Å². The standard InChI is InChI=1S/C23H22N6O2S/c1-13-4-5-18(15(3)8-13)29-21-17(11-25-29)22(31)28-16(12-32-23(28)27-21)10-20(30)26-19-9-14(2)6-7-24-19/h4-9,11,16H,10,12H2,1-3H3,(H,24,26,30). The molecular weight excluding hydrogens is 424 g/mol. The Morgan fingerprint density at radius 2 is 2.00 bits per heavy atom. The summed E-state index contributed by atoms with van der Waals surface area (Å²) in [6, 6.07) is 9.50. The molecule has 4 heterocycles. The molecule has 32 heavy (non-hydrogen) atoms. The van der Waals surface area contributed by atoms with Crippen molar-refractivity contribution < 1.29 is 4.79 Å². The molecule has 3 aromatic heterocycles. The highest BCUT2D eigenvalue weighted by Crippen LogP contribution is 2.33. The molecule has 1 atom stereocenters. The second-order valence-electron chi connectivity index (χ2n) is 8.09. The molecule has 8 nitrogen and oxygen atoms in total. The number of hydrogen-bond donors (Lipinski definition) is 1. The number of anilines is 1. The van der Waals surface area contributed by atoms with E-state index in [-0.39, 0.29) is 23.9 Å². The summed E-state index contributed by atoms with van der Waals surface area (Å²) in [5.74, 6) is 0.941. The maximum atomic E-state index is 13.3. The molecule has 1 N–H and O–H groups in total. The Kier molecular flexibility index (Phi) is 5.05.